The summed E-state index contributed by atoms with van der Waals surface area (Å²) in [6.45, 7) is 8.83. The molecule has 0 saturated heterocycles. The molecule has 6 nitrogen and oxygen atoms in total. The number of carbonyl (C=O) groups excluding carboxylic acids is 1. The predicted molar refractivity (Wildman–Crippen MR) is 72.7 cm³/mol. The third kappa shape index (κ3) is 4.57. The zero-order chi connectivity index (χ0) is 14.3. The van der Waals surface area contributed by atoms with E-state index in [-0.39, 0.29) is 11.7 Å². The lowest BCUT2D eigenvalue weighted by atomic mass is 10.2. The predicted octanol–water partition coefficient (Wildman–Crippen LogP) is 0.995. The molecule has 1 heterocycles. The average Bonchev–Trinajstić information content (AvgIpc) is 2.43. The second-order valence-corrected chi connectivity index (χ2v) is 4.24. The van der Waals surface area contributed by atoms with E-state index in [4.69, 9.17) is 10.5 Å². The molecule has 0 spiro atoms. The highest BCUT2D eigenvalue weighted by Gasteiger charge is 2.18. The van der Waals surface area contributed by atoms with Gasteiger partial charge in [-0.3, -0.25) is 4.98 Å². The largest absolute Gasteiger partial charge is 0.460 e. The topological polar surface area (TPSA) is 81.3 Å². The molecule has 1 unspecified atom stereocenters. The Morgan fingerprint density at radius 2 is 2.00 bits per heavy atom. The van der Waals surface area contributed by atoms with E-state index < -0.39 is 5.97 Å². The van der Waals surface area contributed by atoms with Crippen LogP contribution in [0.1, 0.15) is 43.0 Å². The van der Waals surface area contributed by atoms with E-state index in [1.165, 1.54) is 12.4 Å². The van der Waals surface area contributed by atoms with Crippen LogP contribution in [0.2, 0.25) is 0 Å². The lowest BCUT2D eigenvalue weighted by molar-refractivity contribution is 0.0457. The van der Waals surface area contributed by atoms with Crippen LogP contribution in [0.25, 0.3) is 0 Å². The number of aromatic nitrogens is 2. The van der Waals surface area contributed by atoms with E-state index in [0.29, 0.717) is 18.8 Å². The van der Waals surface area contributed by atoms with Crippen molar-refractivity contribution >= 4 is 5.97 Å². The van der Waals surface area contributed by atoms with Gasteiger partial charge in [0.15, 0.2) is 5.69 Å². The monoisotopic (exact) mass is 266 g/mol. The van der Waals surface area contributed by atoms with E-state index in [1.54, 1.807) is 6.92 Å². The molecule has 0 aliphatic heterocycles. The molecule has 106 valence electrons. The fourth-order valence-corrected chi connectivity index (χ4v) is 1.71. The number of nitrogens with zero attached hydrogens (tertiary/aromatic N) is 3. The molecule has 1 rings (SSSR count). The standard InChI is InChI=1S/C13H22N4O2/c1-4-17(5-2)8-9-19-13(18)12-11(10(3)14)15-6-7-16-12/h6-7,10H,4-5,8-9,14H2,1-3H3. The molecule has 6 heteroatoms. The maximum Gasteiger partial charge on any atom is 0.358 e. The van der Waals surface area contributed by atoms with E-state index in [1.807, 2.05) is 0 Å². The molecule has 0 aliphatic carbocycles. The first-order valence-corrected chi connectivity index (χ1v) is 6.56. The summed E-state index contributed by atoms with van der Waals surface area (Å²) in [7, 11) is 0. The number of likely N-dealkylation sites (N-methyl/N-ethyl adjacent to an activating group) is 1. The van der Waals surface area contributed by atoms with Gasteiger partial charge in [0.25, 0.3) is 0 Å². The Morgan fingerprint density at radius 3 is 2.58 bits per heavy atom. The third-order valence-electron chi connectivity index (χ3n) is 2.89. The van der Waals surface area contributed by atoms with Crippen LogP contribution in [0.15, 0.2) is 12.4 Å². The molecule has 1 aromatic heterocycles. The smallest absolute Gasteiger partial charge is 0.358 e. The summed E-state index contributed by atoms with van der Waals surface area (Å²) in [6, 6.07) is -0.348. The summed E-state index contributed by atoms with van der Waals surface area (Å²) < 4.78 is 5.21. The lowest BCUT2D eigenvalue weighted by Gasteiger charge is -2.17. The van der Waals surface area contributed by atoms with Gasteiger partial charge in [-0.25, -0.2) is 9.78 Å². The number of ether oxygens (including phenoxy) is 1. The number of esters is 1. The highest BCUT2D eigenvalue weighted by atomic mass is 16.5. The molecule has 0 saturated carbocycles. The van der Waals surface area contributed by atoms with Crippen molar-refractivity contribution < 1.29 is 9.53 Å². The maximum atomic E-state index is 11.9. The van der Waals surface area contributed by atoms with Crippen LogP contribution in [0.5, 0.6) is 0 Å². The fraction of sp³-hybridized carbons (Fsp3) is 0.615. The lowest BCUT2D eigenvalue weighted by Crippen LogP contribution is -2.28. The number of nitrogens with two attached hydrogens (primary N) is 1. The molecule has 1 aromatic rings. The van der Waals surface area contributed by atoms with Crippen molar-refractivity contribution in [2.24, 2.45) is 5.73 Å². The van der Waals surface area contributed by atoms with Crippen molar-refractivity contribution in [2.75, 3.05) is 26.2 Å². The molecule has 0 aliphatic rings. The van der Waals surface area contributed by atoms with Crippen LogP contribution in [0, 0.1) is 0 Å². The molecular formula is C13H22N4O2. The van der Waals surface area contributed by atoms with Gasteiger partial charge in [-0.05, 0) is 20.0 Å². The van der Waals surface area contributed by atoms with Crippen molar-refractivity contribution in [2.45, 2.75) is 26.8 Å². The summed E-state index contributed by atoms with van der Waals surface area (Å²) in [6.07, 6.45) is 2.98. The number of hydrogen-bond acceptors (Lipinski definition) is 6. The Morgan fingerprint density at radius 1 is 1.37 bits per heavy atom. The maximum absolute atomic E-state index is 11.9. The molecule has 0 fully saturated rings. The molecule has 0 aromatic carbocycles. The average molecular weight is 266 g/mol. The zero-order valence-electron chi connectivity index (χ0n) is 11.8. The molecule has 0 amide bonds. The van der Waals surface area contributed by atoms with Crippen LogP contribution in [0.4, 0.5) is 0 Å². The van der Waals surface area contributed by atoms with Gasteiger partial charge < -0.3 is 15.4 Å². The Bertz CT molecular complexity index is 405. The van der Waals surface area contributed by atoms with Gasteiger partial charge in [0, 0.05) is 25.0 Å². The molecular weight excluding hydrogens is 244 g/mol. The van der Waals surface area contributed by atoms with Crippen molar-refractivity contribution in [1.82, 2.24) is 14.9 Å². The summed E-state index contributed by atoms with van der Waals surface area (Å²) >= 11 is 0. The zero-order valence-corrected chi connectivity index (χ0v) is 11.8. The van der Waals surface area contributed by atoms with Gasteiger partial charge in [0.05, 0.1) is 5.69 Å². The minimum atomic E-state index is -0.465. The van der Waals surface area contributed by atoms with Crippen LogP contribution in [-0.4, -0.2) is 47.1 Å². The Labute approximate surface area is 114 Å². The normalized spacial score (nSPS) is 12.5. The van der Waals surface area contributed by atoms with Gasteiger partial charge in [-0.15, -0.1) is 0 Å². The first kappa shape index (κ1) is 15.5. The van der Waals surface area contributed by atoms with Gasteiger partial charge in [-0.2, -0.15) is 0 Å². The molecule has 0 radical (unpaired) electrons. The van der Waals surface area contributed by atoms with Gasteiger partial charge in [0.1, 0.15) is 6.61 Å². The molecule has 2 N–H and O–H groups in total. The molecule has 1 atom stereocenters. The van der Waals surface area contributed by atoms with Gasteiger partial charge in [0.2, 0.25) is 0 Å². The number of hydrogen-bond donors (Lipinski definition) is 1. The number of rotatable bonds is 7. The van der Waals surface area contributed by atoms with E-state index in [9.17, 15) is 4.79 Å². The summed E-state index contributed by atoms with van der Waals surface area (Å²) in [5, 5.41) is 0. The van der Waals surface area contributed by atoms with Crippen LogP contribution in [-0.2, 0) is 4.74 Å². The van der Waals surface area contributed by atoms with E-state index >= 15 is 0 Å². The Kier molecular flexibility index (Phi) is 6.38. The second-order valence-electron chi connectivity index (χ2n) is 4.24. The third-order valence-corrected chi connectivity index (χ3v) is 2.89. The highest BCUT2D eigenvalue weighted by Crippen LogP contribution is 2.11. The minimum Gasteiger partial charge on any atom is -0.460 e. The summed E-state index contributed by atoms with van der Waals surface area (Å²) in [4.78, 5) is 22.2. The SMILES string of the molecule is CCN(CC)CCOC(=O)c1nccnc1C(C)N. The quantitative estimate of drug-likeness (QED) is 0.741. The molecule has 0 bridgehead atoms. The molecule has 19 heavy (non-hydrogen) atoms. The van der Waals surface area contributed by atoms with Crippen LogP contribution >= 0.6 is 0 Å². The van der Waals surface area contributed by atoms with Crippen LogP contribution in [0.3, 0.4) is 0 Å². The first-order chi connectivity index (χ1) is 9.10. The Hall–Kier alpha value is -1.53. The van der Waals surface area contributed by atoms with Crippen molar-refractivity contribution in [1.29, 1.82) is 0 Å². The number of carbonyl (C=O) groups is 1. The van der Waals surface area contributed by atoms with Crippen LogP contribution < -0.4 is 5.73 Å². The van der Waals surface area contributed by atoms with Crippen molar-refractivity contribution in [3.05, 3.63) is 23.8 Å². The first-order valence-electron chi connectivity index (χ1n) is 6.56. The van der Waals surface area contributed by atoms with Gasteiger partial charge in [-0.1, -0.05) is 13.8 Å². The second kappa shape index (κ2) is 7.81. The van der Waals surface area contributed by atoms with Crippen molar-refractivity contribution in [3.8, 4) is 0 Å². The van der Waals surface area contributed by atoms with Gasteiger partial charge >= 0.3 is 5.97 Å². The summed E-state index contributed by atoms with van der Waals surface area (Å²) in [5.41, 5.74) is 6.43. The van der Waals surface area contributed by atoms with Crippen molar-refractivity contribution in [3.63, 3.8) is 0 Å². The fourth-order valence-electron chi connectivity index (χ4n) is 1.71. The van der Waals surface area contributed by atoms with E-state index in [2.05, 4.69) is 28.7 Å². The highest BCUT2D eigenvalue weighted by molar-refractivity contribution is 5.88. The van der Waals surface area contributed by atoms with E-state index in [0.717, 1.165) is 13.1 Å². The Balaban J connectivity index is 2.59. The summed E-state index contributed by atoms with van der Waals surface area (Å²) in [5.74, 6) is -0.465. The minimum absolute atomic E-state index is 0.206.